The fourth-order valence-electron chi connectivity index (χ4n) is 5.92. The number of halogens is 1. The van der Waals surface area contributed by atoms with E-state index in [2.05, 4.69) is 5.32 Å². The summed E-state index contributed by atoms with van der Waals surface area (Å²) in [6.45, 7) is -0.476. The first-order valence-electron chi connectivity index (χ1n) is 15.8. The molecule has 1 N–H and O–H groups in total. The molecule has 0 unspecified atom stereocenters. The fourth-order valence-corrected chi connectivity index (χ4v) is 7.48. The highest BCUT2D eigenvalue weighted by molar-refractivity contribution is 7.92. The van der Waals surface area contributed by atoms with Crippen LogP contribution in [-0.2, 0) is 32.6 Å². The summed E-state index contributed by atoms with van der Waals surface area (Å²) in [5.74, 6) is -0.182. The van der Waals surface area contributed by atoms with Gasteiger partial charge in [-0.3, -0.25) is 13.9 Å². The molecule has 1 atom stereocenters. The molecule has 0 bridgehead atoms. The molecule has 2 amide bonds. The van der Waals surface area contributed by atoms with Gasteiger partial charge in [0.2, 0.25) is 11.8 Å². The van der Waals surface area contributed by atoms with E-state index in [9.17, 15) is 18.0 Å². The predicted octanol–water partition coefficient (Wildman–Crippen LogP) is 6.63. The monoisotopic (exact) mass is 673 g/mol. The number of sulfonamides is 1. The number of benzene rings is 4. The predicted molar refractivity (Wildman–Crippen MR) is 185 cm³/mol. The summed E-state index contributed by atoms with van der Waals surface area (Å²) in [6, 6.07) is 30.2. The molecule has 0 aliphatic heterocycles. The molecule has 0 spiro atoms. The SMILES string of the molecule is COc1cccc(CN(C(=O)CN(c2ccc(Cl)cc2)S(=O)(=O)c2ccccc2)[C@@H](Cc2ccccc2)C(=O)NC2CCCCC2)c1. The lowest BCUT2D eigenvalue weighted by Gasteiger charge is -2.35. The molecule has 1 aliphatic carbocycles. The molecule has 0 radical (unpaired) electrons. The minimum atomic E-state index is -4.18. The van der Waals surface area contributed by atoms with Crippen molar-refractivity contribution in [1.82, 2.24) is 10.2 Å². The summed E-state index contributed by atoms with van der Waals surface area (Å²) >= 11 is 6.15. The number of amides is 2. The molecular formula is C37H40ClN3O5S. The van der Waals surface area contributed by atoms with Gasteiger partial charge in [0.15, 0.2) is 0 Å². The van der Waals surface area contributed by atoms with Gasteiger partial charge in [-0.2, -0.15) is 0 Å². The number of rotatable bonds is 13. The van der Waals surface area contributed by atoms with Crippen LogP contribution in [0.25, 0.3) is 0 Å². The van der Waals surface area contributed by atoms with Crippen LogP contribution in [0.2, 0.25) is 5.02 Å². The molecule has 10 heteroatoms. The maximum Gasteiger partial charge on any atom is 0.264 e. The molecule has 0 heterocycles. The third kappa shape index (κ3) is 8.93. The van der Waals surface area contributed by atoms with Crippen LogP contribution in [0, 0.1) is 0 Å². The van der Waals surface area contributed by atoms with E-state index in [4.69, 9.17) is 16.3 Å². The third-order valence-corrected chi connectivity index (χ3v) is 10.5. The minimum absolute atomic E-state index is 0.0207. The Hall–Kier alpha value is -4.34. The number of nitrogens with zero attached hydrogens (tertiary/aromatic N) is 2. The van der Waals surface area contributed by atoms with Crippen LogP contribution in [0.3, 0.4) is 0 Å². The van der Waals surface area contributed by atoms with Gasteiger partial charge in [0, 0.05) is 24.0 Å². The number of anilines is 1. The standard InChI is InChI=1S/C37H40ClN3O5S/c1-46-33-17-11-14-29(24-33)26-40(35(25-28-12-5-2-6-13-28)37(43)39-31-15-7-3-8-16-31)36(42)27-41(32-22-20-30(38)21-23-32)47(44,45)34-18-9-4-10-19-34/h2,4-6,9-14,17-24,31,35H,3,7-8,15-16,25-27H2,1H3,(H,39,43)/t35-/m0/s1. The number of carbonyl (C=O) groups is 2. The number of nitrogens with one attached hydrogen (secondary N) is 1. The number of hydrogen-bond acceptors (Lipinski definition) is 5. The van der Waals surface area contributed by atoms with Gasteiger partial charge in [-0.25, -0.2) is 8.42 Å². The molecule has 1 saturated carbocycles. The molecule has 4 aromatic rings. The maximum absolute atomic E-state index is 14.6. The third-order valence-electron chi connectivity index (χ3n) is 8.43. The van der Waals surface area contributed by atoms with E-state index in [1.54, 1.807) is 49.6 Å². The topological polar surface area (TPSA) is 96.0 Å². The van der Waals surface area contributed by atoms with Gasteiger partial charge in [-0.1, -0.05) is 91.5 Å². The first-order valence-corrected chi connectivity index (χ1v) is 17.7. The molecule has 47 heavy (non-hydrogen) atoms. The van der Waals surface area contributed by atoms with E-state index < -0.39 is 28.5 Å². The lowest BCUT2D eigenvalue weighted by molar-refractivity contribution is -0.140. The largest absolute Gasteiger partial charge is 0.497 e. The van der Waals surface area contributed by atoms with Gasteiger partial charge >= 0.3 is 0 Å². The Morgan fingerprint density at radius 2 is 1.49 bits per heavy atom. The van der Waals surface area contributed by atoms with Crippen LogP contribution in [-0.4, -0.2) is 50.9 Å². The summed E-state index contributed by atoms with van der Waals surface area (Å²) in [7, 11) is -2.62. The second-order valence-corrected chi connectivity index (χ2v) is 14.0. The molecule has 5 rings (SSSR count). The van der Waals surface area contributed by atoms with E-state index in [0.29, 0.717) is 10.8 Å². The highest BCUT2D eigenvalue weighted by Crippen LogP contribution is 2.27. The molecule has 8 nitrogen and oxygen atoms in total. The second-order valence-electron chi connectivity index (χ2n) is 11.7. The van der Waals surface area contributed by atoms with Gasteiger partial charge in [0.25, 0.3) is 10.0 Å². The van der Waals surface area contributed by atoms with Crippen molar-refractivity contribution >= 4 is 39.1 Å². The average Bonchev–Trinajstić information content (AvgIpc) is 3.10. The number of hydrogen-bond donors (Lipinski definition) is 1. The van der Waals surface area contributed by atoms with Crippen LogP contribution in [0.4, 0.5) is 5.69 Å². The number of carbonyl (C=O) groups excluding carboxylic acids is 2. The minimum Gasteiger partial charge on any atom is -0.497 e. The van der Waals surface area contributed by atoms with E-state index in [0.717, 1.165) is 47.5 Å². The maximum atomic E-state index is 14.6. The van der Waals surface area contributed by atoms with Crippen molar-refractivity contribution < 1.29 is 22.7 Å². The van der Waals surface area contributed by atoms with E-state index >= 15 is 0 Å². The molecule has 246 valence electrons. The van der Waals surface area contributed by atoms with Crippen molar-refractivity contribution in [3.05, 3.63) is 125 Å². The quantitative estimate of drug-likeness (QED) is 0.172. The van der Waals surface area contributed by atoms with Crippen molar-refractivity contribution in [2.45, 2.75) is 62.0 Å². The van der Waals surface area contributed by atoms with Crippen LogP contribution in [0.5, 0.6) is 5.75 Å². The molecule has 1 fully saturated rings. The van der Waals surface area contributed by atoms with E-state index in [1.807, 2.05) is 54.6 Å². The van der Waals surface area contributed by atoms with Gasteiger partial charge in [0.05, 0.1) is 17.7 Å². The molecule has 1 aliphatic rings. The first kappa shape index (κ1) is 34.0. The van der Waals surface area contributed by atoms with Gasteiger partial charge in [-0.05, 0) is 72.5 Å². The van der Waals surface area contributed by atoms with Gasteiger partial charge in [-0.15, -0.1) is 0 Å². The normalized spacial score (nSPS) is 14.2. The van der Waals surface area contributed by atoms with E-state index in [-0.39, 0.29) is 35.5 Å². The van der Waals surface area contributed by atoms with Crippen LogP contribution >= 0.6 is 11.6 Å². The molecule has 0 aromatic heterocycles. The highest BCUT2D eigenvalue weighted by atomic mass is 35.5. The van der Waals surface area contributed by atoms with Crippen molar-refractivity contribution in [3.8, 4) is 5.75 Å². The summed E-state index contributed by atoms with van der Waals surface area (Å²) in [4.78, 5) is 30.4. The molecule has 4 aromatic carbocycles. The highest BCUT2D eigenvalue weighted by Gasteiger charge is 2.35. The van der Waals surface area contributed by atoms with Gasteiger partial charge in [0.1, 0.15) is 18.3 Å². The van der Waals surface area contributed by atoms with Gasteiger partial charge < -0.3 is 15.0 Å². The summed E-state index contributed by atoms with van der Waals surface area (Å²) < 4.78 is 34.7. The molecular weight excluding hydrogens is 634 g/mol. The van der Waals surface area contributed by atoms with Crippen molar-refractivity contribution in [2.24, 2.45) is 0 Å². The van der Waals surface area contributed by atoms with Crippen LogP contribution < -0.4 is 14.4 Å². The Morgan fingerprint density at radius 1 is 0.851 bits per heavy atom. The zero-order valence-electron chi connectivity index (χ0n) is 26.4. The zero-order chi connectivity index (χ0) is 33.2. The fraction of sp³-hybridized carbons (Fsp3) is 0.297. The lowest BCUT2D eigenvalue weighted by atomic mass is 9.94. The number of methoxy groups -OCH3 is 1. The first-order chi connectivity index (χ1) is 22.7. The average molecular weight is 674 g/mol. The molecule has 0 saturated heterocycles. The summed E-state index contributed by atoms with van der Waals surface area (Å²) in [6.07, 6.45) is 5.22. The van der Waals surface area contributed by atoms with Crippen LogP contribution in [0.15, 0.2) is 114 Å². The zero-order valence-corrected chi connectivity index (χ0v) is 28.0. The Balaban J connectivity index is 1.56. The Bertz CT molecular complexity index is 1730. The summed E-state index contributed by atoms with van der Waals surface area (Å²) in [5.41, 5.74) is 1.90. The van der Waals surface area contributed by atoms with Crippen molar-refractivity contribution in [2.75, 3.05) is 18.0 Å². The Labute approximate surface area is 282 Å². The Morgan fingerprint density at radius 3 is 2.15 bits per heavy atom. The van der Waals surface area contributed by atoms with E-state index in [1.165, 1.54) is 17.0 Å². The summed E-state index contributed by atoms with van der Waals surface area (Å²) in [5, 5.41) is 3.66. The second kappa shape index (κ2) is 16.0. The van der Waals surface area contributed by atoms with Crippen molar-refractivity contribution in [1.29, 1.82) is 0 Å². The smallest absolute Gasteiger partial charge is 0.264 e. The van der Waals surface area contributed by atoms with Crippen molar-refractivity contribution in [3.63, 3.8) is 0 Å². The Kier molecular flexibility index (Phi) is 11.6. The van der Waals surface area contributed by atoms with Crippen LogP contribution in [0.1, 0.15) is 43.2 Å². The number of ether oxygens (including phenoxy) is 1. The lowest BCUT2D eigenvalue weighted by Crippen LogP contribution is -2.55.